The second-order valence-electron chi connectivity index (χ2n) is 5.29. The lowest BCUT2D eigenvalue weighted by atomic mass is 10.2. The average molecular weight is 333 g/mol. The van der Waals surface area contributed by atoms with Gasteiger partial charge in [0.15, 0.2) is 0 Å². The van der Waals surface area contributed by atoms with Crippen molar-refractivity contribution >= 4 is 23.2 Å². The van der Waals surface area contributed by atoms with Crippen molar-refractivity contribution < 1.29 is 4.74 Å². The SMILES string of the molecule is CCN(CC)CCOc1c(Cl)cc(Cl)cc1CNC(C)C. The van der Waals surface area contributed by atoms with Gasteiger partial charge in [-0.2, -0.15) is 0 Å². The molecule has 0 aliphatic carbocycles. The van der Waals surface area contributed by atoms with Crippen molar-refractivity contribution in [3.8, 4) is 5.75 Å². The number of nitrogens with one attached hydrogen (secondary N) is 1. The van der Waals surface area contributed by atoms with Gasteiger partial charge in [0.2, 0.25) is 0 Å². The molecule has 3 nitrogen and oxygen atoms in total. The number of halogens is 2. The molecule has 21 heavy (non-hydrogen) atoms. The maximum atomic E-state index is 6.28. The number of benzene rings is 1. The van der Waals surface area contributed by atoms with Crippen LogP contribution in [0.25, 0.3) is 0 Å². The summed E-state index contributed by atoms with van der Waals surface area (Å²) in [5.41, 5.74) is 1.00. The highest BCUT2D eigenvalue weighted by molar-refractivity contribution is 6.35. The second-order valence-corrected chi connectivity index (χ2v) is 6.13. The summed E-state index contributed by atoms with van der Waals surface area (Å²) < 4.78 is 5.92. The van der Waals surface area contributed by atoms with Crippen molar-refractivity contribution in [1.82, 2.24) is 10.2 Å². The van der Waals surface area contributed by atoms with Gasteiger partial charge in [-0.25, -0.2) is 0 Å². The number of ether oxygens (including phenoxy) is 1. The van der Waals surface area contributed by atoms with Crippen LogP contribution in [-0.4, -0.2) is 37.2 Å². The molecule has 1 rings (SSSR count). The second kappa shape index (κ2) is 9.52. The summed E-state index contributed by atoms with van der Waals surface area (Å²) in [7, 11) is 0. The van der Waals surface area contributed by atoms with Crippen LogP contribution in [0.5, 0.6) is 5.75 Å². The molecule has 0 amide bonds. The summed E-state index contributed by atoms with van der Waals surface area (Å²) in [5, 5.41) is 4.58. The molecule has 0 bridgehead atoms. The van der Waals surface area contributed by atoms with E-state index in [1.807, 2.05) is 6.07 Å². The highest BCUT2D eigenvalue weighted by Crippen LogP contribution is 2.32. The minimum absolute atomic E-state index is 0.395. The molecular weight excluding hydrogens is 307 g/mol. The molecule has 0 aromatic heterocycles. The summed E-state index contributed by atoms with van der Waals surface area (Å²) in [4.78, 5) is 2.32. The van der Waals surface area contributed by atoms with Crippen LogP contribution in [0, 0.1) is 0 Å². The molecule has 0 aliphatic heterocycles. The first kappa shape index (κ1) is 18.6. The van der Waals surface area contributed by atoms with Crippen molar-refractivity contribution in [2.45, 2.75) is 40.3 Å². The first-order chi connectivity index (χ1) is 9.97. The predicted octanol–water partition coefficient (Wildman–Crippen LogP) is 4.21. The molecule has 0 radical (unpaired) electrons. The molecule has 1 aromatic carbocycles. The molecule has 0 spiro atoms. The van der Waals surface area contributed by atoms with E-state index in [9.17, 15) is 0 Å². The monoisotopic (exact) mass is 332 g/mol. The lowest BCUT2D eigenvalue weighted by Gasteiger charge is -2.20. The van der Waals surface area contributed by atoms with Gasteiger partial charge in [-0.3, -0.25) is 0 Å². The minimum atomic E-state index is 0.395. The first-order valence-corrected chi connectivity index (χ1v) is 8.29. The molecular formula is C16H26Cl2N2O. The largest absolute Gasteiger partial charge is 0.490 e. The van der Waals surface area contributed by atoms with E-state index >= 15 is 0 Å². The molecule has 0 atom stereocenters. The fraction of sp³-hybridized carbons (Fsp3) is 0.625. The van der Waals surface area contributed by atoms with E-state index in [1.54, 1.807) is 6.07 Å². The van der Waals surface area contributed by atoms with Crippen LogP contribution in [0.2, 0.25) is 10.0 Å². The lowest BCUT2D eigenvalue weighted by Crippen LogP contribution is -2.28. The van der Waals surface area contributed by atoms with Crippen LogP contribution in [0.4, 0.5) is 0 Å². The van der Waals surface area contributed by atoms with Crippen LogP contribution in [0.1, 0.15) is 33.3 Å². The Balaban J connectivity index is 2.74. The van der Waals surface area contributed by atoms with Crippen LogP contribution in [-0.2, 0) is 6.54 Å². The number of hydrogen-bond acceptors (Lipinski definition) is 3. The lowest BCUT2D eigenvalue weighted by molar-refractivity contribution is 0.221. The van der Waals surface area contributed by atoms with Gasteiger partial charge < -0.3 is 15.0 Å². The summed E-state index contributed by atoms with van der Waals surface area (Å²) >= 11 is 12.4. The minimum Gasteiger partial charge on any atom is -0.490 e. The van der Waals surface area contributed by atoms with E-state index in [0.29, 0.717) is 29.2 Å². The zero-order chi connectivity index (χ0) is 15.8. The Morgan fingerprint density at radius 3 is 2.43 bits per heavy atom. The maximum absolute atomic E-state index is 6.28. The van der Waals surface area contributed by atoms with Crippen LogP contribution in [0.3, 0.4) is 0 Å². The first-order valence-electron chi connectivity index (χ1n) is 7.54. The van der Waals surface area contributed by atoms with Gasteiger partial charge in [-0.15, -0.1) is 0 Å². The molecule has 0 saturated heterocycles. The molecule has 0 heterocycles. The predicted molar refractivity (Wildman–Crippen MR) is 91.7 cm³/mol. The highest BCUT2D eigenvalue weighted by atomic mass is 35.5. The topological polar surface area (TPSA) is 24.5 Å². The number of nitrogens with zero attached hydrogens (tertiary/aromatic N) is 1. The van der Waals surface area contributed by atoms with E-state index in [2.05, 4.69) is 37.9 Å². The maximum Gasteiger partial charge on any atom is 0.142 e. The van der Waals surface area contributed by atoms with E-state index < -0.39 is 0 Å². The van der Waals surface area contributed by atoms with Crippen molar-refractivity contribution in [3.05, 3.63) is 27.7 Å². The van der Waals surface area contributed by atoms with Gasteiger partial charge in [-0.1, -0.05) is 50.9 Å². The Morgan fingerprint density at radius 1 is 1.19 bits per heavy atom. The van der Waals surface area contributed by atoms with E-state index in [-0.39, 0.29) is 0 Å². The van der Waals surface area contributed by atoms with Gasteiger partial charge in [0.05, 0.1) is 5.02 Å². The number of rotatable bonds is 9. The van der Waals surface area contributed by atoms with Crippen LogP contribution < -0.4 is 10.1 Å². The Kier molecular flexibility index (Phi) is 8.42. The zero-order valence-corrected chi connectivity index (χ0v) is 14.9. The van der Waals surface area contributed by atoms with Gasteiger partial charge in [0, 0.05) is 29.7 Å². The highest BCUT2D eigenvalue weighted by Gasteiger charge is 2.12. The zero-order valence-electron chi connectivity index (χ0n) is 13.4. The summed E-state index contributed by atoms with van der Waals surface area (Å²) in [6, 6.07) is 4.04. The van der Waals surface area contributed by atoms with Crippen molar-refractivity contribution in [3.63, 3.8) is 0 Å². The molecule has 0 saturated carbocycles. The summed E-state index contributed by atoms with van der Waals surface area (Å²) in [5.74, 6) is 0.737. The number of hydrogen-bond donors (Lipinski definition) is 1. The van der Waals surface area contributed by atoms with Crippen molar-refractivity contribution in [1.29, 1.82) is 0 Å². The molecule has 0 aliphatic rings. The van der Waals surface area contributed by atoms with E-state index in [4.69, 9.17) is 27.9 Å². The van der Waals surface area contributed by atoms with Crippen molar-refractivity contribution in [2.24, 2.45) is 0 Å². The van der Waals surface area contributed by atoms with Crippen LogP contribution in [0.15, 0.2) is 12.1 Å². The van der Waals surface area contributed by atoms with Gasteiger partial charge in [0.1, 0.15) is 12.4 Å². The Bertz CT molecular complexity index is 435. The van der Waals surface area contributed by atoms with Gasteiger partial charge in [0.25, 0.3) is 0 Å². The fourth-order valence-electron chi connectivity index (χ4n) is 2.04. The molecule has 0 unspecified atom stereocenters. The molecule has 1 aromatic rings. The molecule has 0 fully saturated rings. The Morgan fingerprint density at radius 2 is 1.86 bits per heavy atom. The average Bonchev–Trinajstić information content (AvgIpc) is 2.43. The Hall–Kier alpha value is -0.480. The van der Waals surface area contributed by atoms with E-state index in [0.717, 1.165) is 30.9 Å². The van der Waals surface area contributed by atoms with E-state index in [1.165, 1.54) is 0 Å². The normalized spacial score (nSPS) is 11.4. The molecule has 1 N–H and O–H groups in total. The standard InChI is InChI=1S/C16H26Cl2N2O/c1-5-20(6-2)7-8-21-16-13(11-19-12(3)4)9-14(17)10-15(16)18/h9-10,12,19H,5-8,11H2,1-4H3. The summed E-state index contributed by atoms with van der Waals surface area (Å²) in [6.45, 7) is 12.8. The Labute approximate surface area is 138 Å². The third-order valence-corrected chi connectivity index (χ3v) is 3.83. The fourth-order valence-corrected chi connectivity index (χ4v) is 2.63. The molecule has 120 valence electrons. The van der Waals surface area contributed by atoms with Gasteiger partial charge >= 0.3 is 0 Å². The summed E-state index contributed by atoms with van der Waals surface area (Å²) in [6.07, 6.45) is 0. The smallest absolute Gasteiger partial charge is 0.142 e. The third-order valence-electron chi connectivity index (χ3n) is 3.33. The van der Waals surface area contributed by atoms with Crippen LogP contribution >= 0.6 is 23.2 Å². The third kappa shape index (κ3) is 6.43. The molecule has 5 heteroatoms. The number of likely N-dealkylation sites (N-methyl/N-ethyl adjacent to an activating group) is 1. The van der Waals surface area contributed by atoms with Crippen molar-refractivity contribution in [2.75, 3.05) is 26.2 Å². The quantitative estimate of drug-likeness (QED) is 0.733. The van der Waals surface area contributed by atoms with Gasteiger partial charge in [-0.05, 0) is 25.2 Å².